The second-order valence-electron chi connectivity index (χ2n) is 5.80. The second kappa shape index (κ2) is 6.51. The highest BCUT2D eigenvalue weighted by atomic mass is 32.1. The van der Waals surface area contributed by atoms with Crippen LogP contribution in [0.1, 0.15) is 20.7 Å². The van der Waals surface area contributed by atoms with Gasteiger partial charge in [-0.25, -0.2) is 14.0 Å². The van der Waals surface area contributed by atoms with Gasteiger partial charge in [0.15, 0.2) is 0 Å². The summed E-state index contributed by atoms with van der Waals surface area (Å²) < 4.78 is 26.1. The molecule has 2 aromatic carbocycles. The fraction of sp³-hybridized carbons (Fsp3) is 0.100. The normalized spacial score (nSPS) is 11.1. The molecule has 0 amide bonds. The number of carbonyl (C=O) groups excluding carboxylic acids is 2. The van der Waals surface area contributed by atoms with Crippen LogP contribution in [0.5, 0.6) is 0 Å². The maximum absolute atomic E-state index is 13.5. The van der Waals surface area contributed by atoms with Crippen LogP contribution in [0.15, 0.2) is 48.5 Å². The molecule has 7 heteroatoms. The van der Waals surface area contributed by atoms with Crippen LogP contribution in [0.25, 0.3) is 26.3 Å². The Morgan fingerprint density at radius 1 is 0.926 bits per heavy atom. The molecule has 0 saturated carbocycles. The molecule has 2 aromatic heterocycles. The Bertz CT molecular complexity index is 1190. The summed E-state index contributed by atoms with van der Waals surface area (Å²) >= 11 is 1.37. The van der Waals surface area contributed by atoms with E-state index >= 15 is 0 Å². The van der Waals surface area contributed by atoms with E-state index in [9.17, 15) is 14.0 Å². The van der Waals surface area contributed by atoms with Crippen LogP contribution in [0.3, 0.4) is 0 Å². The van der Waals surface area contributed by atoms with E-state index in [-0.39, 0.29) is 11.1 Å². The van der Waals surface area contributed by atoms with Gasteiger partial charge in [0.2, 0.25) is 0 Å². The SMILES string of the molecule is COC(=O)c1c(C(=O)OC)c2sc3ccccc3n2c1-c1ccc(F)cc1. The molecule has 4 aromatic rings. The van der Waals surface area contributed by atoms with E-state index < -0.39 is 17.8 Å². The standard InChI is InChI=1S/C20H14FNO4S/c1-25-19(23)15-16(20(24)26-2)18-22(13-5-3-4-6-14(13)27-18)17(15)11-7-9-12(21)10-8-11/h3-10H,1-2H3. The average Bonchev–Trinajstić information content (AvgIpc) is 3.22. The summed E-state index contributed by atoms with van der Waals surface area (Å²) in [5, 5.41) is 0. The number of hydrogen-bond acceptors (Lipinski definition) is 5. The lowest BCUT2D eigenvalue weighted by molar-refractivity contribution is 0.0559. The summed E-state index contributed by atoms with van der Waals surface area (Å²) in [6.45, 7) is 0. The van der Waals surface area contributed by atoms with Crippen molar-refractivity contribution in [2.45, 2.75) is 0 Å². The van der Waals surface area contributed by atoms with E-state index in [4.69, 9.17) is 9.47 Å². The Balaban J connectivity index is 2.22. The summed E-state index contributed by atoms with van der Waals surface area (Å²) in [4.78, 5) is 25.7. The summed E-state index contributed by atoms with van der Waals surface area (Å²) in [5.41, 5.74) is 2.13. The van der Waals surface area contributed by atoms with Gasteiger partial charge in [-0.2, -0.15) is 0 Å². The van der Waals surface area contributed by atoms with E-state index in [1.807, 2.05) is 28.7 Å². The minimum absolute atomic E-state index is 0.105. The van der Waals surface area contributed by atoms with E-state index in [2.05, 4.69) is 0 Å². The van der Waals surface area contributed by atoms with Gasteiger partial charge < -0.3 is 9.47 Å². The average molecular weight is 383 g/mol. The van der Waals surface area contributed by atoms with E-state index in [1.165, 1.54) is 37.7 Å². The number of nitrogens with zero attached hydrogens (tertiary/aromatic N) is 1. The minimum atomic E-state index is -0.658. The molecule has 0 unspecified atom stereocenters. The van der Waals surface area contributed by atoms with Crippen LogP contribution in [0.2, 0.25) is 0 Å². The van der Waals surface area contributed by atoms with E-state index in [0.717, 1.165) is 10.2 Å². The van der Waals surface area contributed by atoms with Crippen molar-refractivity contribution in [1.29, 1.82) is 0 Å². The van der Waals surface area contributed by atoms with Crippen molar-refractivity contribution in [3.63, 3.8) is 0 Å². The Morgan fingerprint density at radius 2 is 1.56 bits per heavy atom. The molecule has 0 spiro atoms. The molecular weight excluding hydrogens is 369 g/mol. The van der Waals surface area contributed by atoms with Crippen LogP contribution in [-0.4, -0.2) is 30.6 Å². The first-order valence-corrected chi connectivity index (χ1v) is 8.87. The van der Waals surface area contributed by atoms with Gasteiger partial charge in [-0.05, 0) is 42.0 Å². The molecule has 0 aliphatic heterocycles. The monoisotopic (exact) mass is 383 g/mol. The number of benzene rings is 2. The minimum Gasteiger partial charge on any atom is -0.465 e. The molecule has 0 saturated heterocycles. The Hall–Kier alpha value is -3.19. The van der Waals surface area contributed by atoms with Crippen molar-refractivity contribution in [1.82, 2.24) is 4.40 Å². The first-order chi connectivity index (χ1) is 13.1. The van der Waals surface area contributed by atoms with E-state index in [0.29, 0.717) is 16.1 Å². The number of hydrogen-bond donors (Lipinski definition) is 0. The highest BCUT2D eigenvalue weighted by Crippen LogP contribution is 2.40. The molecule has 0 aliphatic carbocycles. The number of thiazole rings is 1. The molecular formula is C20H14FNO4S. The molecule has 2 heterocycles. The van der Waals surface area contributed by atoms with Crippen molar-refractivity contribution in [3.8, 4) is 11.3 Å². The van der Waals surface area contributed by atoms with Crippen LogP contribution < -0.4 is 0 Å². The number of ether oxygens (including phenoxy) is 2. The topological polar surface area (TPSA) is 57.0 Å². The van der Waals surface area contributed by atoms with Gasteiger partial charge in [0.05, 0.1) is 30.1 Å². The molecule has 0 N–H and O–H groups in total. The number of esters is 2. The Labute approximate surface area is 157 Å². The quantitative estimate of drug-likeness (QED) is 0.488. The number of carbonyl (C=O) groups is 2. The number of rotatable bonds is 3. The Morgan fingerprint density at radius 3 is 2.22 bits per heavy atom. The highest BCUT2D eigenvalue weighted by Gasteiger charge is 2.32. The summed E-state index contributed by atoms with van der Waals surface area (Å²) in [6.07, 6.45) is 0. The Kier molecular flexibility index (Phi) is 4.16. The van der Waals surface area contributed by atoms with Crippen LogP contribution >= 0.6 is 11.3 Å². The number of fused-ring (bicyclic) bond motifs is 3. The van der Waals surface area contributed by atoms with Crippen LogP contribution in [0.4, 0.5) is 4.39 Å². The third-order valence-corrected chi connectivity index (χ3v) is 5.48. The molecule has 0 fully saturated rings. The van der Waals surface area contributed by atoms with Gasteiger partial charge in [0.1, 0.15) is 21.8 Å². The zero-order chi connectivity index (χ0) is 19.1. The fourth-order valence-corrected chi connectivity index (χ4v) is 4.37. The molecule has 0 aliphatic rings. The predicted octanol–water partition coefficient (Wildman–Crippen LogP) is 4.53. The largest absolute Gasteiger partial charge is 0.465 e. The summed E-state index contributed by atoms with van der Waals surface area (Å²) in [7, 11) is 2.51. The lowest BCUT2D eigenvalue weighted by Gasteiger charge is -2.07. The van der Waals surface area contributed by atoms with Gasteiger partial charge in [0, 0.05) is 0 Å². The van der Waals surface area contributed by atoms with Crippen molar-refractivity contribution in [3.05, 3.63) is 65.5 Å². The molecule has 0 radical (unpaired) electrons. The molecule has 5 nitrogen and oxygen atoms in total. The van der Waals surface area contributed by atoms with Crippen molar-refractivity contribution < 1.29 is 23.5 Å². The first kappa shape index (κ1) is 17.2. The van der Waals surface area contributed by atoms with Gasteiger partial charge in [-0.1, -0.05) is 12.1 Å². The second-order valence-corrected chi connectivity index (χ2v) is 6.83. The van der Waals surface area contributed by atoms with Gasteiger partial charge >= 0.3 is 11.9 Å². The van der Waals surface area contributed by atoms with Crippen molar-refractivity contribution in [2.24, 2.45) is 0 Å². The molecule has 0 atom stereocenters. The first-order valence-electron chi connectivity index (χ1n) is 8.05. The third kappa shape index (κ3) is 2.59. The molecule has 0 bridgehead atoms. The van der Waals surface area contributed by atoms with Crippen LogP contribution in [0, 0.1) is 5.82 Å². The molecule has 4 rings (SSSR count). The smallest absolute Gasteiger partial charge is 0.341 e. The molecule has 136 valence electrons. The summed E-state index contributed by atoms with van der Waals surface area (Å²) in [5.74, 6) is -1.68. The van der Waals surface area contributed by atoms with Gasteiger partial charge in [0.25, 0.3) is 0 Å². The van der Waals surface area contributed by atoms with E-state index in [1.54, 1.807) is 12.1 Å². The number of halogens is 1. The van der Waals surface area contributed by atoms with Gasteiger partial charge in [-0.15, -0.1) is 11.3 Å². The maximum Gasteiger partial charge on any atom is 0.341 e. The lowest BCUT2D eigenvalue weighted by Crippen LogP contribution is -2.10. The highest BCUT2D eigenvalue weighted by molar-refractivity contribution is 7.24. The number of para-hydroxylation sites is 1. The lowest BCUT2D eigenvalue weighted by atomic mass is 10.0. The zero-order valence-electron chi connectivity index (χ0n) is 14.5. The molecule has 27 heavy (non-hydrogen) atoms. The number of aromatic nitrogens is 1. The van der Waals surface area contributed by atoms with Crippen LogP contribution in [-0.2, 0) is 9.47 Å². The number of methoxy groups -OCH3 is 2. The van der Waals surface area contributed by atoms with Crippen molar-refractivity contribution >= 4 is 38.3 Å². The zero-order valence-corrected chi connectivity index (χ0v) is 15.3. The van der Waals surface area contributed by atoms with Gasteiger partial charge in [-0.3, -0.25) is 4.40 Å². The summed E-state index contributed by atoms with van der Waals surface area (Å²) in [6, 6.07) is 13.3. The van der Waals surface area contributed by atoms with Crippen molar-refractivity contribution in [2.75, 3.05) is 14.2 Å². The predicted molar refractivity (Wildman–Crippen MR) is 101 cm³/mol. The maximum atomic E-state index is 13.5. The third-order valence-electron chi connectivity index (χ3n) is 4.34. The fourth-order valence-electron chi connectivity index (χ4n) is 3.18.